The van der Waals surface area contributed by atoms with E-state index in [4.69, 9.17) is 0 Å². The van der Waals surface area contributed by atoms with Crippen molar-refractivity contribution in [1.82, 2.24) is 15.0 Å². The fourth-order valence-corrected chi connectivity index (χ4v) is 4.90. The van der Waals surface area contributed by atoms with E-state index in [0.717, 1.165) is 16.4 Å². The molecule has 33 heavy (non-hydrogen) atoms. The van der Waals surface area contributed by atoms with Crippen LogP contribution in [0, 0.1) is 0 Å². The first-order chi connectivity index (χ1) is 16.0. The number of aromatic nitrogens is 3. The number of amides is 1. The number of ether oxygens (including phenoxy) is 1. The molecule has 0 radical (unpaired) electrons. The number of fused-ring (bicyclic) bond motifs is 1. The molecule has 0 spiro atoms. The molecule has 2 aromatic heterocycles. The number of esters is 1. The number of hydrogen-bond acceptors (Lipinski definition) is 9. The van der Waals surface area contributed by atoms with Crippen molar-refractivity contribution in [1.29, 1.82) is 0 Å². The molecule has 0 saturated heterocycles. The Balaban J connectivity index is 1.40. The lowest BCUT2D eigenvalue weighted by molar-refractivity contribution is -0.113. The summed E-state index contributed by atoms with van der Waals surface area (Å²) < 4.78 is 5.53. The maximum Gasteiger partial charge on any atom is 0.337 e. The molecule has 0 bridgehead atoms. The quantitative estimate of drug-likeness (QED) is 0.228. The minimum absolute atomic E-state index is 0.177. The Morgan fingerprint density at radius 1 is 1.09 bits per heavy atom. The SMILES string of the molecule is COC(=O)c1ccc(NC(=O)CSc2ncnc3nc(N(C)Cc4ccccc4)sc23)cc1. The van der Waals surface area contributed by atoms with Gasteiger partial charge in [0, 0.05) is 19.3 Å². The summed E-state index contributed by atoms with van der Waals surface area (Å²) in [5, 5.41) is 4.37. The van der Waals surface area contributed by atoms with Crippen molar-refractivity contribution in [2.45, 2.75) is 11.6 Å². The number of benzene rings is 2. The first-order valence-electron chi connectivity index (χ1n) is 10.0. The number of carbonyl (C=O) groups excluding carboxylic acids is 2. The summed E-state index contributed by atoms with van der Waals surface area (Å²) in [6.45, 7) is 0.730. The van der Waals surface area contributed by atoms with Gasteiger partial charge in [0.1, 0.15) is 16.1 Å². The topological polar surface area (TPSA) is 97.3 Å². The van der Waals surface area contributed by atoms with Gasteiger partial charge in [0.25, 0.3) is 0 Å². The second kappa shape index (κ2) is 10.4. The number of hydrogen-bond donors (Lipinski definition) is 1. The molecule has 0 aliphatic rings. The highest BCUT2D eigenvalue weighted by molar-refractivity contribution is 8.00. The van der Waals surface area contributed by atoms with Crippen LogP contribution in [-0.2, 0) is 16.1 Å². The molecule has 0 aliphatic carbocycles. The van der Waals surface area contributed by atoms with Crippen LogP contribution >= 0.6 is 23.1 Å². The van der Waals surface area contributed by atoms with Crippen molar-refractivity contribution < 1.29 is 14.3 Å². The van der Waals surface area contributed by atoms with Gasteiger partial charge in [-0.2, -0.15) is 4.98 Å². The molecule has 0 aliphatic heterocycles. The van der Waals surface area contributed by atoms with E-state index in [0.29, 0.717) is 21.9 Å². The van der Waals surface area contributed by atoms with Gasteiger partial charge < -0.3 is 15.0 Å². The van der Waals surface area contributed by atoms with Gasteiger partial charge in [-0.1, -0.05) is 53.4 Å². The molecule has 0 atom stereocenters. The van der Waals surface area contributed by atoms with Gasteiger partial charge in [0.2, 0.25) is 5.91 Å². The zero-order valence-corrected chi connectivity index (χ0v) is 19.7. The van der Waals surface area contributed by atoms with Crippen molar-refractivity contribution in [2.24, 2.45) is 0 Å². The Bertz CT molecular complexity index is 1260. The number of methoxy groups -OCH3 is 1. The number of anilines is 2. The first kappa shape index (κ1) is 22.7. The normalized spacial score (nSPS) is 10.7. The summed E-state index contributed by atoms with van der Waals surface area (Å²) in [5.41, 5.74) is 2.83. The zero-order valence-electron chi connectivity index (χ0n) is 18.0. The largest absolute Gasteiger partial charge is 0.465 e. The predicted molar refractivity (Wildman–Crippen MR) is 131 cm³/mol. The van der Waals surface area contributed by atoms with Crippen LogP contribution in [0.4, 0.5) is 10.8 Å². The molecule has 168 valence electrons. The predicted octanol–water partition coefficient (Wildman–Crippen LogP) is 4.24. The maximum atomic E-state index is 12.4. The molecule has 4 rings (SSSR count). The van der Waals surface area contributed by atoms with Gasteiger partial charge in [0.05, 0.1) is 18.4 Å². The molecule has 0 unspecified atom stereocenters. The average molecular weight is 480 g/mol. The Morgan fingerprint density at radius 2 is 1.85 bits per heavy atom. The van der Waals surface area contributed by atoms with E-state index in [1.165, 1.54) is 42.1 Å². The summed E-state index contributed by atoms with van der Waals surface area (Å²) in [7, 11) is 3.32. The van der Waals surface area contributed by atoms with Crippen molar-refractivity contribution in [3.63, 3.8) is 0 Å². The van der Waals surface area contributed by atoms with Gasteiger partial charge in [0.15, 0.2) is 10.8 Å². The Morgan fingerprint density at radius 3 is 2.58 bits per heavy atom. The molecule has 2 heterocycles. The second-order valence-electron chi connectivity index (χ2n) is 7.08. The first-order valence-corrected chi connectivity index (χ1v) is 11.8. The Labute approximate surface area is 199 Å². The van der Waals surface area contributed by atoms with Crippen LogP contribution in [0.5, 0.6) is 0 Å². The Kier molecular flexibility index (Phi) is 7.16. The van der Waals surface area contributed by atoms with E-state index in [9.17, 15) is 9.59 Å². The lowest BCUT2D eigenvalue weighted by atomic mass is 10.2. The molecule has 0 saturated carbocycles. The number of thioether (sulfide) groups is 1. The summed E-state index contributed by atoms with van der Waals surface area (Å²) in [4.78, 5) is 39.3. The standard InChI is InChI=1S/C23H21N5O3S2/c1-28(12-15-6-4-3-5-7-15)23-27-20-19(33-23)21(25-14-24-20)32-13-18(29)26-17-10-8-16(9-11-17)22(30)31-2/h3-11,14H,12-13H2,1-2H3,(H,26,29). The molecular weight excluding hydrogens is 458 g/mol. The van der Waals surface area contributed by atoms with E-state index < -0.39 is 5.97 Å². The van der Waals surface area contributed by atoms with E-state index in [-0.39, 0.29) is 11.7 Å². The third-order valence-electron chi connectivity index (χ3n) is 4.67. The van der Waals surface area contributed by atoms with Crippen LogP contribution < -0.4 is 10.2 Å². The molecule has 8 nitrogen and oxygen atoms in total. The molecule has 10 heteroatoms. The van der Waals surface area contributed by atoms with Crippen molar-refractivity contribution in [3.05, 3.63) is 72.1 Å². The third kappa shape index (κ3) is 5.65. The van der Waals surface area contributed by atoms with Gasteiger partial charge in [-0.05, 0) is 29.8 Å². The Hall–Kier alpha value is -3.50. The number of thiazole rings is 1. The lowest BCUT2D eigenvalue weighted by Crippen LogP contribution is -2.15. The zero-order chi connectivity index (χ0) is 23.2. The number of carbonyl (C=O) groups is 2. The van der Waals surface area contributed by atoms with E-state index in [1.54, 1.807) is 24.3 Å². The fourth-order valence-electron chi connectivity index (χ4n) is 3.05. The van der Waals surface area contributed by atoms with Gasteiger partial charge in [-0.25, -0.2) is 14.8 Å². The van der Waals surface area contributed by atoms with E-state index in [2.05, 4.69) is 42.0 Å². The number of nitrogens with zero attached hydrogens (tertiary/aromatic N) is 4. The molecule has 2 aromatic carbocycles. The van der Waals surface area contributed by atoms with Crippen LogP contribution in [-0.4, -0.2) is 46.7 Å². The highest BCUT2D eigenvalue weighted by atomic mass is 32.2. The van der Waals surface area contributed by atoms with Crippen molar-refractivity contribution in [3.8, 4) is 0 Å². The fraction of sp³-hybridized carbons (Fsp3) is 0.174. The average Bonchev–Trinajstić information content (AvgIpc) is 3.29. The van der Waals surface area contributed by atoms with Crippen LogP contribution in [0.2, 0.25) is 0 Å². The maximum absolute atomic E-state index is 12.4. The third-order valence-corrected chi connectivity index (χ3v) is 6.95. The molecular formula is C23H21N5O3S2. The summed E-state index contributed by atoms with van der Waals surface area (Å²) in [6, 6.07) is 16.7. The van der Waals surface area contributed by atoms with E-state index in [1.807, 2.05) is 25.2 Å². The monoisotopic (exact) mass is 479 g/mol. The van der Waals surface area contributed by atoms with Gasteiger partial charge >= 0.3 is 5.97 Å². The van der Waals surface area contributed by atoms with Crippen molar-refractivity contribution in [2.75, 3.05) is 30.1 Å². The smallest absolute Gasteiger partial charge is 0.337 e. The van der Waals surface area contributed by atoms with E-state index >= 15 is 0 Å². The number of rotatable bonds is 8. The molecule has 1 N–H and O–H groups in total. The lowest BCUT2D eigenvalue weighted by Gasteiger charge is -2.15. The van der Waals surface area contributed by atoms with Gasteiger partial charge in [-0.3, -0.25) is 4.79 Å². The highest BCUT2D eigenvalue weighted by Gasteiger charge is 2.15. The molecule has 0 fully saturated rings. The van der Waals surface area contributed by atoms with Crippen molar-refractivity contribution >= 4 is 56.1 Å². The van der Waals surface area contributed by atoms with Crippen LogP contribution in [0.15, 0.2) is 66.0 Å². The summed E-state index contributed by atoms with van der Waals surface area (Å²) in [5.74, 6) is -0.420. The number of nitrogens with one attached hydrogen (secondary N) is 1. The van der Waals surface area contributed by atoms with Crippen LogP contribution in [0.25, 0.3) is 10.3 Å². The minimum Gasteiger partial charge on any atom is -0.465 e. The second-order valence-corrected chi connectivity index (χ2v) is 9.02. The molecule has 4 aromatic rings. The van der Waals surface area contributed by atoms with Crippen LogP contribution in [0.1, 0.15) is 15.9 Å². The summed E-state index contributed by atoms with van der Waals surface area (Å²) in [6.07, 6.45) is 1.47. The van der Waals surface area contributed by atoms with Crippen LogP contribution in [0.3, 0.4) is 0 Å². The van der Waals surface area contributed by atoms with Gasteiger partial charge in [-0.15, -0.1) is 0 Å². The highest BCUT2D eigenvalue weighted by Crippen LogP contribution is 2.33. The summed E-state index contributed by atoms with van der Waals surface area (Å²) >= 11 is 2.84. The minimum atomic E-state index is -0.422. The molecule has 1 amide bonds.